The van der Waals surface area contributed by atoms with Gasteiger partial charge in [-0.2, -0.15) is 0 Å². The highest BCUT2D eigenvalue weighted by atomic mass is 16.2. The van der Waals surface area contributed by atoms with Gasteiger partial charge in [-0.25, -0.2) is 0 Å². The van der Waals surface area contributed by atoms with E-state index in [1.807, 2.05) is 11.9 Å². The third-order valence-electron chi connectivity index (χ3n) is 3.40. The Morgan fingerprint density at radius 2 is 2.13 bits per heavy atom. The largest absolute Gasteiger partial charge is 0.343 e. The monoisotopic (exact) mass is 212 g/mol. The van der Waals surface area contributed by atoms with Crippen LogP contribution in [0.1, 0.15) is 46.0 Å². The molecule has 0 radical (unpaired) electrons. The first-order valence-corrected chi connectivity index (χ1v) is 6.07. The molecule has 2 N–H and O–H groups in total. The van der Waals surface area contributed by atoms with Gasteiger partial charge in [0.25, 0.3) is 0 Å². The molecule has 2 unspecified atom stereocenters. The van der Waals surface area contributed by atoms with Crippen LogP contribution in [0.3, 0.4) is 0 Å². The second-order valence-corrected chi connectivity index (χ2v) is 4.84. The first-order valence-electron chi connectivity index (χ1n) is 6.07. The molecule has 0 bridgehead atoms. The fourth-order valence-electron chi connectivity index (χ4n) is 1.96. The van der Waals surface area contributed by atoms with Crippen molar-refractivity contribution in [1.29, 1.82) is 0 Å². The number of hydrogen-bond acceptors (Lipinski definition) is 2. The lowest BCUT2D eigenvalue weighted by atomic mass is 10.1. The third kappa shape index (κ3) is 3.82. The molecule has 0 aromatic heterocycles. The highest BCUT2D eigenvalue weighted by Gasteiger charge is 2.32. The van der Waals surface area contributed by atoms with Crippen molar-refractivity contribution in [2.45, 2.75) is 58.0 Å². The molecule has 1 fully saturated rings. The molecule has 3 nitrogen and oxygen atoms in total. The Labute approximate surface area is 93.0 Å². The molecule has 15 heavy (non-hydrogen) atoms. The van der Waals surface area contributed by atoms with Crippen molar-refractivity contribution in [1.82, 2.24) is 4.90 Å². The van der Waals surface area contributed by atoms with Crippen molar-refractivity contribution in [2.24, 2.45) is 11.7 Å². The second kappa shape index (κ2) is 5.50. The van der Waals surface area contributed by atoms with E-state index in [1.54, 1.807) is 0 Å². The molecule has 1 aliphatic rings. The third-order valence-corrected chi connectivity index (χ3v) is 3.40. The highest BCUT2D eigenvalue weighted by molar-refractivity contribution is 5.76. The van der Waals surface area contributed by atoms with E-state index in [0.29, 0.717) is 12.5 Å². The number of carbonyl (C=O) groups excluding carboxylic acids is 1. The van der Waals surface area contributed by atoms with Gasteiger partial charge in [0.1, 0.15) is 0 Å². The molecule has 88 valence electrons. The Bertz CT molecular complexity index is 214. The molecule has 0 heterocycles. The van der Waals surface area contributed by atoms with Gasteiger partial charge >= 0.3 is 0 Å². The van der Waals surface area contributed by atoms with Gasteiger partial charge < -0.3 is 10.6 Å². The summed E-state index contributed by atoms with van der Waals surface area (Å²) in [5.74, 6) is 0.941. The molecule has 0 spiro atoms. The summed E-state index contributed by atoms with van der Waals surface area (Å²) >= 11 is 0. The Hall–Kier alpha value is -0.570. The number of amides is 1. The van der Waals surface area contributed by atoms with Gasteiger partial charge in [0.05, 0.1) is 0 Å². The van der Waals surface area contributed by atoms with E-state index in [0.717, 1.165) is 18.8 Å². The average molecular weight is 212 g/mol. The summed E-state index contributed by atoms with van der Waals surface area (Å²) in [6.45, 7) is 4.24. The van der Waals surface area contributed by atoms with E-state index >= 15 is 0 Å². The quantitative estimate of drug-likeness (QED) is 0.729. The molecular weight excluding hydrogens is 188 g/mol. The SMILES string of the molecule is CCCC(N)CC(=O)N(C)C(C)C1CC1. The summed E-state index contributed by atoms with van der Waals surface area (Å²) in [5, 5.41) is 0. The highest BCUT2D eigenvalue weighted by Crippen LogP contribution is 2.34. The Kier molecular flexibility index (Phi) is 4.58. The molecule has 3 heteroatoms. The zero-order valence-corrected chi connectivity index (χ0v) is 10.2. The van der Waals surface area contributed by atoms with Crippen LogP contribution in [0.25, 0.3) is 0 Å². The lowest BCUT2D eigenvalue weighted by molar-refractivity contribution is -0.132. The Morgan fingerprint density at radius 1 is 1.53 bits per heavy atom. The number of hydrogen-bond donors (Lipinski definition) is 1. The molecule has 0 aromatic carbocycles. The van der Waals surface area contributed by atoms with Gasteiger partial charge in [0.15, 0.2) is 0 Å². The molecule has 0 aliphatic heterocycles. The molecule has 1 aliphatic carbocycles. The van der Waals surface area contributed by atoms with Gasteiger partial charge in [0, 0.05) is 25.6 Å². The number of carbonyl (C=O) groups is 1. The molecule has 0 aromatic rings. The van der Waals surface area contributed by atoms with Crippen LogP contribution in [-0.2, 0) is 4.79 Å². The Morgan fingerprint density at radius 3 is 2.60 bits per heavy atom. The van der Waals surface area contributed by atoms with Crippen LogP contribution in [0.2, 0.25) is 0 Å². The normalized spacial score (nSPS) is 19.7. The predicted octanol–water partition coefficient (Wildman–Crippen LogP) is 1.76. The minimum Gasteiger partial charge on any atom is -0.343 e. The van der Waals surface area contributed by atoms with E-state index in [9.17, 15) is 4.79 Å². The first-order chi connectivity index (χ1) is 7.06. The number of nitrogens with zero attached hydrogens (tertiary/aromatic N) is 1. The standard InChI is InChI=1S/C12H24N2O/c1-4-5-11(13)8-12(15)14(3)9(2)10-6-7-10/h9-11H,4-8,13H2,1-3H3. The van der Waals surface area contributed by atoms with Gasteiger partial charge in [-0.05, 0) is 32.1 Å². The van der Waals surface area contributed by atoms with Crippen LogP contribution in [-0.4, -0.2) is 29.9 Å². The van der Waals surface area contributed by atoms with Crippen LogP contribution in [0, 0.1) is 5.92 Å². The van der Waals surface area contributed by atoms with Crippen LogP contribution >= 0.6 is 0 Å². The molecule has 1 saturated carbocycles. The minimum atomic E-state index is 0.0383. The molecule has 1 rings (SSSR count). The van der Waals surface area contributed by atoms with Gasteiger partial charge in [0.2, 0.25) is 5.91 Å². The summed E-state index contributed by atoms with van der Waals surface area (Å²) in [6, 6.07) is 0.433. The Balaban J connectivity index is 2.31. The van der Waals surface area contributed by atoms with Gasteiger partial charge in [-0.1, -0.05) is 13.3 Å². The van der Waals surface area contributed by atoms with Crippen molar-refractivity contribution < 1.29 is 4.79 Å². The van der Waals surface area contributed by atoms with Gasteiger partial charge in [-0.15, -0.1) is 0 Å². The maximum atomic E-state index is 11.8. The summed E-state index contributed by atoms with van der Waals surface area (Å²) < 4.78 is 0. The maximum absolute atomic E-state index is 11.8. The van der Waals surface area contributed by atoms with E-state index < -0.39 is 0 Å². The zero-order valence-electron chi connectivity index (χ0n) is 10.2. The van der Waals surface area contributed by atoms with Crippen LogP contribution < -0.4 is 5.73 Å². The van der Waals surface area contributed by atoms with Crippen molar-refractivity contribution in [3.05, 3.63) is 0 Å². The lowest BCUT2D eigenvalue weighted by Gasteiger charge is -2.26. The molecule has 2 atom stereocenters. The number of rotatable bonds is 6. The van der Waals surface area contributed by atoms with E-state index in [4.69, 9.17) is 5.73 Å². The fourth-order valence-corrected chi connectivity index (χ4v) is 1.96. The molecule has 0 saturated heterocycles. The smallest absolute Gasteiger partial charge is 0.224 e. The summed E-state index contributed by atoms with van der Waals surface area (Å²) in [6.07, 6.45) is 5.05. The van der Waals surface area contributed by atoms with Crippen LogP contribution in [0.15, 0.2) is 0 Å². The lowest BCUT2D eigenvalue weighted by Crippen LogP contribution is -2.39. The van der Waals surface area contributed by atoms with Crippen LogP contribution in [0.4, 0.5) is 0 Å². The average Bonchev–Trinajstić information content (AvgIpc) is 2.99. The van der Waals surface area contributed by atoms with Crippen molar-refractivity contribution in [2.75, 3.05) is 7.05 Å². The summed E-state index contributed by atoms with van der Waals surface area (Å²) in [7, 11) is 1.91. The van der Waals surface area contributed by atoms with Crippen LogP contribution in [0.5, 0.6) is 0 Å². The zero-order chi connectivity index (χ0) is 11.4. The van der Waals surface area contributed by atoms with Crippen molar-refractivity contribution >= 4 is 5.91 Å². The van der Waals surface area contributed by atoms with E-state index in [-0.39, 0.29) is 11.9 Å². The number of nitrogens with two attached hydrogens (primary N) is 1. The van der Waals surface area contributed by atoms with Crippen molar-refractivity contribution in [3.63, 3.8) is 0 Å². The fraction of sp³-hybridized carbons (Fsp3) is 0.917. The summed E-state index contributed by atoms with van der Waals surface area (Å²) in [4.78, 5) is 13.7. The second-order valence-electron chi connectivity index (χ2n) is 4.84. The van der Waals surface area contributed by atoms with Gasteiger partial charge in [-0.3, -0.25) is 4.79 Å². The predicted molar refractivity (Wildman–Crippen MR) is 62.5 cm³/mol. The first kappa shape index (κ1) is 12.5. The van der Waals surface area contributed by atoms with Crippen molar-refractivity contribution in [3.8, 4) is 0 Å². The topological polar surface area (TPSA) is 46.3 Å². The van der Waals surface area contributed by atoms with E-state index in [1.165, 1.54) is 12.8 Å². The summed E-state index contributed by atoms with van der Waals surface area (Å²) in [5.41, 5.74) is 5.87. The van der Waals surface area contributed by atoms with E-state index in [2.05, 4.69) is 13.8 Å². The minimum absolute atomic E-state index is 0.0383. The maximum Gasteiger partial charge on any atom is 0.224 e. The molecular formula is C12H24N2O. The molecule has 1 amide bonds.